The zero-order valence-corrected chi connectivity index (χ0v) is 20.9. The standard InChI is InChI=1S/C26H29N5O3S/c1-17-7-6-8-19-15-23(18(2)29-25-21-9-4-5-10-22(21)27-16-28-25)30-26(24(17)19)34-20-11-13-31(14-12-20)35(3,32)33/h4-10,15-16,18,20H,11-14H2,1-3H3,(H,27,28,29)/t18-/m0/s1. The van der Waals surface area contributed by atoms with Gasteiger partial charge in [0.25, 0.3) is 0 Å². The van der Waals surface area contributed by atoms with Crippen molar-refractivity contribution >= 4 is 37.5 Å². The fourth-order valence-corrected chi connectivity index (χ4v) is 5.49. The quantitative estimate of drug-likeness (QED) is 0.425. The van der Waals surface area contributed by atoms with E-state index in [0.29, 0.717) is 31.8 Å². The Hall–Kier alpha value is -3.30. The molecule has 0 amide bonds. The maximum absolute atomic E-state index is 11.9. The number of para-hydroxylation sites is 1. The van der Waals surface area contributed by atoms with Crippen LogP contribution < -0.4 is 10.1 Å². The van der Waals surface area contributed by atoms with Crippen LogP contribution in [0.25, 0.3) is 21.7 Å². The van der Waals surface area contributed by atoms with Crippen LogP contribution in [0.2, 0.25) is 0 Å². The minimum absolute atomic E-state index is 0.0902. The first-order valence-corrected chi connectivity index (χ1v) is 13.6. The molecule has 1 saturated heterocycles. The number of rotatable bonds is 6. The third-order valence-corrected chi connectivity index (χ3v) is 7.84. The summed E-state index contributed by atoms with van der Waals surface area (Å²) in [6.45, 7) is 5.02. The second kappa shape index (κ2) is 9.39. The summed E-state index contributed by atoms with van der Waals surface area (Å²) >= 11 is 0. The predicted molar refractivity (Wildman–Crippen MR) is 138 cm³/mol. The Balaban J connectivity index is 1.45. The van der Waals surface area contributed by atoms with Crippen molar-refractivity contribution in [3.63, 3.8) is 0 Å². The maximum Gasteiger partial charge on any atom is 0.222 e. The van der Waals surface area contributed by atoms with Gasteiger partial charge in [-0.15, -0.1) is 0 Å². The highest BCUT2D eigenvalue weighted by molar-refractivity contribution is 7.88. The molecule has 0 radical (unpaired) electrons. The van der Waals surface area contributed by atoms with Gasteiger partial charge >= 0.3 is 0 Å². The molecule has 1 atom stereocenters. The first-order chi connectivity index (χ1) is 16.8. The number of aromatic nitrogens is 3. The van der Waals surface area contributed by atoms with Gasteiger partial charge in [-0.1, -0.05) is 30.3 Å². The lowest BCUT2D eigenvalue weighted by Gasteiger charge is -2.30. The van der Waals surface area contributed by atoms with Crippen molar-refractivity contribution in [2.24, 2.45) is 0 Å². The number of nitrogens with one attached hydrogen (secondary N) is 1. The lowest BCUT2D eigenvalue weighted by Crippen LogP contribution is -2.41. The molecule has 182 valence electrons. The highest BCUT2D eigenvalue weighted by Gasteiger charge is 2.27. The highest BCUT2D eigenvalue weighted by atomic mass is 32.2. The molecule has 4 aromatic rings. The summed E-state index contributed by atoms with van der Waals surface area (Å²) in [4.78, 5) is 13.7. The van der Waals surface area contributed by atoms with E-state index in [1.54, 1.807) is 6.33 Å². The second-order valence-corrected chi connectivity index (χ2v) is 11.1. The number of fused-ring (bicyclic) bond motifs is 2. The molecule has 0 aliphatic carbocycles. The minimum atomic E-state index is -3.18. The van der Waals surface area contributed by atoms with Gasteiger partial charge in [0.05, 0.1) is 23.5 Å². The first kappa shape index (κ1) is 23.4. The van der Waals surface area contributed by atoms with Crippen LogP contribution in [0, 0.1) is 6.92 Å². The molecule has 8 nitrogen and oxygen atoms in total. The largest absolute Gasteiger partial charge is 0.474 e. The summed E-state index contributed by atoms with van der Waals surface area (Å²) in [7, 11) is -3.18. The fourth-order valence-electron chi connectivity index (χ4n) is 4.61. The fraction of sp³-hybridized carbons (Fsp3) is 0.346. The van der Waals surface area contributed by atoms with E-state index in [2.05, 4.69) is 47.3 Å². The molecular formula is C26H29N5O3S. The molecule has 1 aliphatic rings. The Kier molecular flexibility index (Phi) is 6.29. The van der Waals surface area contributed by atoms with Crippen molar-refractivity contribution in [1.29, 1.82) is 0 Å². The average molecular weight is 492 g/mol. The van der Waals surface area contributed by atoms with Gasteiger partial charge in [0.2, 0.25) is 15.9 Å². The average Bonchev–Trinajstić information content (AvgIpc) is 2.84. The number of nitrogens with zero attached hydrogens (tertiary/aromatic N) is 4. The van der Waals surface area contributed by atoms with Crippen molar-refractivity contribution in [1.82, 2.24) is 19.3 Å². The number of aryl methyl sites for hydroxylation is 1. The normalized spacial score (nSPS) is 16.4. The van der Waals surface area contributed by atoms with Crippen molar-refractivity contribution in [2.45, 2.75) is 38.8 Å². The van der Waals surface area contributed by atoms with Gasteiger partial charge in [-0.05, 0) is 55.8 Å². The molecule has 0 saturated carbocycles. The van der Waals surface area contributed by atoms with Gasteiger partial charge in [-0.2, -0.15) is 0 Å². The highest BCUT2D eigenvalue weighted by Crippen LogP contribution is 2.33. The smallest absolute Gasteiger partial charge is 0.222 e. The van der Waals surface area contributed by atoms with Gasteiger partial charge in [0, 0.05) is 23.9 Å². The van der Waals surface area contributed by atoms with Crippen LogP contribution in [0.15, 0.2) is 54.9 Å². The van der Waals surface area contributed by atoms with Crippen LogP contribution in [-0.4, -0.2) is 53.1 Å². The molecule has 3 heterocycles. The molecule has 1 aliphatic heterocycles. The number of benzene rings is 2. The summed E-state index contributed by atoms with van der Waals surface area (Å²) < 4.78 is 31.7. The molecule has 2 aromatic carbocycles. The van der Waals surface area contributed by atoms with Crippen LogP contribution in [0.3, 0.4) is 0 Å². The van der Waals surface area contributed by atoms with Crippen LogP contribution in [0.5, 0.6) is 5.88 Å². The summed E-state index contributed by atoms with van der Waals surface area (Å²) in [6.07, 6.45) is 3.99. The maximum atomic E-state index is 11.9. The summed E-state index contributed by atoms with van der Waals surface area (Å²) in [5, 5.41) is 6.49. The molecule has 0 unspecified atom stereocenters. The molecule has 1 N–H and O–H groups in total. The monoisotopic (exact) mass is 491 g/mol. The molecule has 5 rings (SSSR count). The third kappa shape index (κ3) is 4.92. The van der Waals surface area contributed by atoms with Crippen molar-refractivity contribution < 1.29 is 13.2 Å². The van der Waals surface area contributed by atoms with Crippen molar-refractivity contribution in [3.8, 4) is 5.88 Å². The SMILES string of the molecule is Cc1cccc2cc([C@H](C)Nc3ncnc4ccccc34)nc(OC3CCN(S(C)(=O)=O)CC3)c12. The van der Waals surface area contributed by atoms with Crippen molar-refractivity contribution in [2.75, 3.05) is 24.7 Å². The molecule has 9 heteroatoms. The third-order valence-electron chi connectivity index (χ3n) is 6.54. The van der Waals surface area contributed by atoms with Gasteiger partial charge in [-0.25, -0.2) is 27.7 Å². The van der Waals surface area contributed by atoms with Crippen molar-refractivity contribution in [3.05, 3.63) is 66.1 Å². The number of piperidine rings is 1. The molecule has 0 bridgehead atoms. The van der Waals surface area contributed by atoms with Gasteiger partial charge in [0.15, 0.2) is 0 Å². The van der Waals surface area contributed by atoms with E-state index in [1.807, 2.05) is 30.3 Å². The summed E-state index contributed by atoms with van der Waals surface area (Å²) in [5.74, 6) is 1.35. The lowest BCUT2D eigenvalue weighted by atomic mass is 10.0. The molecular weight excluding hydrogens is 462 g/mol. The first-order valence-electron chi connectivity index (χ1n) is 11.8. The Labute approximate surface area is 205 Å². The number of ether oxygens (including phenoxy) is 1. The number of anilines is 1. The van der Waals surface area contributed by atoms with E-state index in [1.165, 1.54) is 10.6 Å². The minimum Gasteiger partial charge on any atom is -0.474 e. The topological polar surface area (TPSA) is 97.3 Å². The second-order valence-electron chi connectivity index (χ2n) is 9.11. The summed E-state index contributed by atoms with van der Waals surface area (Å²) in [5.41, 5.74) is 2.81. The van der Waals surface area contributed by atoms with E-state index in [9.17, 15) is 8.42 Å². The van der Waals surface area contributed by atoms with E-state index in [0.717, 1.165) is 38.8 Å². The number of sulfonamides is 1. The van der Waals surface area contributed by atoms with E-state index in [-0.39, 0.29) is 12.1 Å². The molecule has 2 aromatic heterocycles. The van der Waals surface area contributed by atoms with Crippen LogP contribution in [0.4, 0.5) is 5.82 Å². The zero-order valence-electron chi connectivity index (χ0n) is 20.1. The predicted octanol–water partition coefficient (Wildman–Crippen LogP) is 4.46. The lowest BCUT2D eigenvalue weighted by molar-refractivity contribution is 0.131. The molecule has 1 fully saturated rings. The van der Waals surface area contributed by atoms with E-state index in [4.69, 9.17) is 9.72 Å². The van der Waals surface area contributed by atoms with Gasteiger partial charge < -0.3 is 10.1 Å². The van der Waals surface area contributed by atoms with E-state index < -0.39 is 10.0 Å². The Morgan fingerprint density at radius 3 is 2.63 bits per heavy atom. The van der Waals surface area contributed by atoms with E-state index >= 15 is 0 Å². The summed E-state index contributed by atoms with van der Waals surface area (Å²) in [6, 6.07) is 16.0. The Morgan fingerprint density at radius 1 is 1.09 bits per heavy atom. The number of hydrogen-bond donors (Lipinski definition) is 1. The Morgan fingerprint density at radius 2 is 1.86 bits per heavy atom. The number of hydrogen-bond acceptors (Lipinski definition) is 7. The zero-order chi connectivity index (χ0) is 24.6. The van der Waals surface area contributed by atoms with Gasteiger partial charge in [0.1, 0.15) is 18.2 Å². The van der Waals surface area contributed by atoms with Crippen LogP contribution in [0.1, 0.15) is 37.1 Å². The van der Waals surface area contributed by atoms with Gasteiger partial charge in [-0.3, -0.25) is 0 Å². The van der Waals surface area contributed by atoms with Crippen LogP contribution >= 0.6 is 0 Å². The number of pyridine rings is 1. The van der Waals surface area contributed by atoms with Crippen LogP contribution in [-0.2, 0) is 10.0 Å². The molecule has 0 spiro atoms. The molecule has 35 heavy (non-hydrogen) atoms. The Bertz CT molecular complexity index is 1480.